The van der Waals surface area contributed by atoms with E-state index in [1.165, 1.54) is 5.56 Å². The molecule has 0 atom stereocenters. The van der Waals surface area contributed by atoms with Crippen LogP contribution in [-0.2, 0) is 0 Å². The van der Waals surface area contributed by atoms with Gasteiger partial charge in [0.25, 0.3) is 0 Å². The molecule has 22 heavy (non-hydrogen) atoms. The number of ketones is 1. The zero-order chi connectivity index (χ0) is 15.9. The second kappa shape index (κ2) is 7.60. The van der Waals surface area contributed by atoms with Crippen molar-refractivity contribution in [2.24, 2.45) is 0 Å². The molecule has 114 valence electrons. The third-order valence-corrected chi connectivity index (χ3v) is 3.75. The van der Waals surface area contributed by atoms with Crippen molar-refractivity contribution in [2.45, 2.75) is 20.8 Å². The summed E-state index contributed by atoms with van der Waals surface area (Å²) >= 11 is 0. The highest BCUT2D eigenvalue weighted by atomic mass is 16.1. The molecule has 2 aromatic rings. The zero-order valence-corrected chi connectivity index (χ0v) is 13.5. The van der Waals surface area contributed by atoms with Crippen molar-refractivity contribution in [3.8, 4) is 0 Å². The predicted octanol–water partition coefficient (Wildman–Crippen LogP) is 4.74. The van der Waals surface area contributed by atoms with E-state index in [9.17, 15) is 4.79 Å². The lowest BCUT2D eigenvalue weighted by Crippen LogP contribution is -2.21. The number of anilines is 1. The fourth-order valence-corrected chi connectivity index (χ4v) is 2.47. The minimum atomic E-state index is 0.0348. The average molecular weight is 293 g/mol. The molecule has 0 heterocycles. The molecule has 0 N–H and O–H groups in total. The van der Waals surface area contributed by atoms with Crippen molar-refractivity contribution < 1.29 is 4.79 Å². The van der Waals surface area contributed by atoms with E-state index in [1.807, 2.05) is 55.5 Å². The summed E-state index contributed by atoms with van der Waals surface area (Å²) in [7, 11) is 0. The van der Waals surface area contributed by atoms with Gasteiger partial charge >= 0.3 is 0 Å². The van der Waals surface area contributed by atoms with Crippen LogP contribution in [-0.4, -0.2) is 18.9 Å². The summed E-state index contributed by atoms with van der Waals surface area (Å²) in [5, 5.41) is 0. The van der Waals surface area contributed by atoms with Crippen LogP contribution >= 0.6 is 0 Å². The van der Waals surface area contributed by atoms with E-state index >= 15 is 0 Å². The highest BCUT2D eigenvalue weighted by Gasteiger charge is 2.04. The van der Waals surface area contributed by atoms with Gasteiger partial charge in [0.05, 0.1) is 0 Å². The number of benzene rings is 2. The van der Waals surface area contributed by atoms with E-state index in [1.54, 1.807) is 6.08 Å². The fraction of sp³-hybridized carbons (Fsp3) is 0.250. The molecule has 2 heteroatoms. The summed E-state index contributed by atoms with van der Waals surface area (Å²) < 4.78 is 0. The number of aryl methyl sites for hydroxylation is 1. The van der Waals surface area contributed by atoms with Crippen LogP contribution in [0.4, 0.5) is 5.69 Å². The minimum Gasteiger partial charge on any atom is -0.372 e. The molecule has 0 aliphatic heterocycles. The van der Waals surface area contributed by atoms with Gasteiger partial charge in [-0.15, -0.1) is 0 Å². The van der Waals surface area contributed by atoms with Crippen molar-refractivity contribution in [2.75, 3.05) is 18.0 Å². The lowest BCUT2D eigenvalue weighted by molar-refractivity contribution is 0.104. The van der Waals surface area contributed by atoms with Gasteiger partial charge in [0, 0.05) is 24.3 Å². The highest BCUT2D eigenvalue weighted by Crippen LogP contribution is 2.16. The predicted molar refractivity (Wildman–Crippen MR) is 94.5 cm³/mol. The minimum absolute atomic E-state index is 0.0348. The second-order valence-corrected chi connectivity index (χ2v) is 5.33. The van der Waals surface area contributed by atoms with Crippen molar-refractivity contribution >= 4 is 17.5 Å². The van der Waals surface area contributed by atoms with E-state index in [4.69, 9.17) is 0 Å². The van der Waals surface area contributed by atoms with Crippen LogP contribution in [0.25, 0.3) is 6.08 Å². The topological polar surface area (TPSA) is 20.3 Å². The molecule has 0 spiro atoms. The first-order valence-electron chi connectivity index (χ1n) is 7.78. The van der Waals surface area contributed by atoms with Crippen LogP contribution in [0, 0.1) is 6.92 Å². The molecule has 0 saturated carbocycles. The van der Waals surface area contributed by atoms with Gasteiger partial charge in [-0.1, -0.05) is 35.9 Å². The van der Waals surface area contributed by atoms with E-state index in [0.717, 1.165) is 29.9 Å². The number of hydrogen-bond donors (Lipinski definition) is 0. The summed E-state index contributed by atoms with van der Waals surface area (Å²) in [6, 6.07) is 15.9. The summed E-state index contributed by atoms with van der Waals surface area (Å²) in [6.07, 6.45) is 3.51. The molecule has 0 unspecified atom stereocenters. The van der Waals surface area contributed by atoms with Crippen LogP contribution in [0.5, 0.6) is 0 Å². The quantitative estimate of drug-likeness (QED) is 0.566. The summed E-state index contributed by atoms with van der Waals surface area (Å²) in [5.41, 5.74) is 4.12. The first-order valence-corrected chi connectivity index (χ1v) is 7.78. The molecule has 0 aromatic heterocycles. The van der Waals surface area contributed by atoms with Gasteiger partial charge in [-0.3, -0.25) is 4.79 Å². The average Bonchev–Trinajstić information content (AvgIpc) is 2.54. The lowest BCUT2D eigenvalue weighted by atomic mass is 10.1. The molecular weight excluding hydrogens is 270 g/mol. The van der Waals surface area contributed by atoms with Gasteiger partial charge in [0.2, 0.25) is 0 Å². The normalized spacial score (nSPS) is 10.9. The molecule has 0 aliphatic rings. The number of nitrogens with zero attached hydrogens (tertiary/aromatic N) is 1. The van der Waals surface area contributed by atoms with Crippen LogP contribution in [0.3, 0.4) is 0 Å². The number of rotatable bonds is 6. The standard InChI is InChI=1S/C20H23NO/c1-4-21(5-2)19-12-10-18(11-13-19)20(22)14-9-17-8-6-7-16(3)15-17/h6-15H,4-5H2,1-3H3/b14-9+. The van der Waals surface area contributed by atoms with Crippen LogP contribution in [0.2, 0.25) is 0 Å². The van der Waals surface area contributed by atoms with Crippen molar-refractivity contribution in [3.05, 3.63) is 71.3 Å². The Balaban J connectivity index is 2.10. The maximum Gasteiger partial charge on any atom is 0.185 e. The Morgan fingerprint density at radius 2 is 1.73 bits per heavy atom. The number of carbonyl (C=O) groups excluding carboxylic acids is 1. The molecule has 0 bridgehead atoms. The van der Waals surface area contributed by atoms with Gasteiger partial charge in [-0.2, -0.15) is 0 Å². The van der Waals surface area contributed by atoms with Gasteiger partial charge in [0.1, 0.15) is 0 Å². The van der Waals surface area contributed by atoms with Crippen molar-refractivity contribution in [1.29, 1.82) is 0 Å². The van der Waals surface area contributed by atoms with Gasteiger partial charge in [-0.05, 0) is 56.7 Å². The third kappa shape index (κ3) is 4.08. The molecule has 0 fully saturated rings. The van der Waals surface area contributed by atoms with Gasteiger partial charge in [-0.25, -0.2) is 0 Å². The Kier molecular flexibility index (Phi) is 5.54. The largest absolute Gasteiger partial charge is 0.372 e. The van der Waals surface area contributed by atoms with Crippen LogP contribution < -0.4 is 4.90 Å². The lowest BCUT2D eigenvalue weighted by Gasteiger charge is -2.20. The molecule has 2 nitrogen and oxygen atoms in total. The summed E-state index contributed by atoms with van der Waals surface area (Å²) in [5.74, 6) is 0.0348. The van der Waals surface area contributed by atoms with E-state index in [-0.39, 0.29) is 5.78 Å². The van der Waals surface area contributed by atoms with E-state index in [2.05, 4.69) is 24.8 Å². The van der Waals surface area contributed by atoms with Crippen molar-refractivity contribution in [1.82, 2.24) is 0 Å². The fourth-order valence-electron chi connectivity index (χ4n) is 2.47. The number of allylic oxidation sites excluding steroid dienone is 1. The number of carbonyl (C=O) groups is 1. The Labute approximate surface area is 133 Å². The summed E-state index contributed by atoms with van der Waals surface area (Å²) in [6.45, 7) is 8.25. The van der Waals surface area contributed by atoms with Crippen molar-refractivity contribution in [3.63, 3.8) is 0 Å². The maximum atomic E-state index is 12.2. The monoisotopic (exact) mass is 293 g/mol. The molecule has 2 aromatic carbocycles. The third-order valence-electron chi connectivity index (χ3n) is 3.75. The van der Waals surface area contributed by atoms with Gasteiger partial charge in [0.15, 0.2) is 5.78 Å². The molecule has 0 amide bonds. The second-order valence-electron chi connectivity index (χ2n) is 5.33. The Morgan fingerprint density at radius 1 is 1.05 bits per heavy atom. The van der Waals surface area contributed by atoms with Crippen LogP contribution in [0.15, 0.2) is 54.6 Å². The first-order chi connectivity index (χ1) is 10.6. The SMILES string of the molecule is CCN(CC)c1ccc(C(=O)/C=C/c2cccc(C)c2)cc1. The Bertz CT molecular complexity index is 652. The molecule has 2 rings (SSSR count). The smallest absolute Gasteiger partial charge is 0.185 e. The molecule has 0 saturated heterocycles. The highest BCUT2D eigenvalue weighted by molar-refractivity contribution is 6.06. The van der Waals surface area contributed by atoms with E-state index < -0.39 is 0 Å². The number of hydrogen-bond acceptors (Lipinski definition) is 2. The zero-order valence-electron chi connectivity index (χ0n) is 13.5. The molecule has 0 aliphatic carbocycles. The Morgan fingerprint density at radius 3 is 2.32 bits per heavy atom. The molecular formula is C20H23NO. The Hall–Kier alpha value is -2.35. The van der Waals surface area contributed by atoms with Gasteiger partial charge < -0.3 is 4.90 Å². The first kappa shape index (κ1) is 16.0. The summed E-state index contributed by atoms with van der Waals surface area (Å²) in [4.78, 5) is 14.5. The van der Waals surface area contributed by atoms with E-state index in [0.29, 0.717) is 0 Å². The van der Waals surface area contributed by atoms with Crippen LogP contribution in [0.1, 0.15) is 35.3 Å². The maximum absolute atomic E-state index is 12.2. The molecule has 0 radical (unpaired) electrons.